The van der Waals surface area contributed by atoms with Gasteiger partial charge in [0.25, 0.3) is 0 Å². The van der Waals surface area contributed by atoms with Gasteiger partial charge in [-0.1, -0.05) is 11.6 Å². The SMILES string of the molecule is O=C(O)[C@H]1CN(C(=O)CSc2ccc(Cl)cc2)C[C@@H]1C1CC1. The fraction of sp³-hybridized carbons (Fsp3) is 0.500. The van der Waals surface area contributed by atoms with E-state index in [0.29, 0.717) is 29.8 Å². The smallest absolute Gasteiger partial charge is 0.308 e. The molecule has 1 aliphatic carbocycles. The van der Waals surface area contributed by atoms with Crippen LogP contribution in [0, 0.1) is 17.8 Å². The molecule has 6 heteroatoms. The normalized spacial score (nSPS) is 24.5. The molecule has 0 spiro atoms. The number of rotatable bonds is 5. The Bertz CT molecular complexity index is 573. The molecule has 0 bridgehead atoms. The summed E-state index contributed by atoms with van der Waals surface area (Å²) < 4.78 is 0. The van der Waals surface area contributed by atoms with Crippen LogP contribution in [-0.4, -0.2) is 40.7 Å². The number of carboxylic acid groups (broad SMARTS) is 1. The molecule has 2 atom stereocenters. The summed E-state index contributed by atoms with van der Waals surface area (Å²) in [6.45, 7) is 0.957. The number of hydrogen-bond acceptors (Lipinski definition) is 3. The first-order valence-electron chi connectivity index (χ1n) is 7.43. The molecule has 0 aromatic heterocycles. The van der Waals surface area contributed by atoms with Gasteiger partial charge in [-0.25, -0.2) is 0 Å². The van der Waals surface area contributed by atoms with Crippen LogP contribution in [0.1, 0.15) is 12.8 Å². The molecule has 1 N–H and O–H groups in total. The molecule has 1 saturated carbocycles. The predicted octanol–water partition coefficient (Wildman–Crippen LogP) is 3.00. The quantitative estimate of drug-likeness (QED) is 0.838. The first-order valence-corrected chi connectivity index (χ1v) is 8.80. The van der Waals surface area contributed by atoms with Gasteiger partial charge in [-0.15, -0.1) is 11.8 Å². The molecule has 2 aliphatic rings. The van der Waals surface area contributed by atoms with Gasteiger partial charge in [-0.05, 0) is 48.9 Å². The largest absolute Gasteiger partial charge is 0.481 e. The molecule has 0 radical (unpaired) electrons. The van der Waals surface area contributed by atoms with Gasteiger partial charge in [0, 0.05) is 23.0 Å². The molecular weight excluding hydrogens is 322 g/mol. The molecule has 1 heterocycles. The van der Waals surface area contributed by atoms with E-state index in [4.69, 9.17) is 11.6 Å². The summed E-state index contributed by atoms with van der Waals surface area (Å²) in [5.74, 6) is -0.153. The van der Waals surface area contributed by atoms with Gasteiger partial charge in [-0.2, -0.15) is 0 Å². The number of carboxylic acids is 1. The maximum absolute atomic E-state index is 12.3. The van der Waals surface area contributed by atoms with Crippen LogP contribution in [0.25, 0.3) is 0 Å². The van der Waals surface area contributed by atoms with Crippen molar-refractivity contribution in [1.82, 2.24) is 4.90 Å². The average molecular weight is 340 g/mol. The van der Waals surface area contributed by atoms with Crippen molar-refractivity contribution in [1.29, 1.82) is 0 Å². The van der Waals surface area contributed by atoms with Crippen LogP contribution in [0.5, 0.6) is 0 Å². The summed E-state index contributed by atoms with van der Waals surface area (Å²) in [5.41, 5.74) is 0. The van der Waals surface area contributed by atoms with E-state index >= 15 is 0 Å². The zero-order valence-corrected chi connectivity index (χ0v) is 13.6. The lowest BCUT2D eigenvalue weighted by Gasteiger charge is -2.16. The Morgan fingerprint density at radius 2 is 1.91 bits per heavy atom. The Labute approximate surface area is 138 Å². The van der Waals surface area contributed by atoms with Crippen LogP contribution >= 0.6 is 23.4 Å². The standard InChI is InChI=1S/C16H18ClNO3S/c17-11-3-5-12(6-4-11)22-9-15(19)18-7-13(10-1-2-10)14(8-18)16(20)21/h3-6,10,13-14H,1-2,7-9H2,(H,20,21)/t13-,14+/m1/s1. The van der Waals surface area contributed by atoms with Crippen molar-refractivity contribution in [3.63, 3.8) is 0 Å². The first kappa shape index (κ1) is 15.7. The minimum atomic E-state index is -0.766. The number of benzene rings is 1. The number of likely N-dealkylation sites (tertiary alicyclic amines) is 1. The Morgan fingerprint density at radius 1 is 1.23 bits per heavy atom. The van der Waals surface area contributed by atoms with E-state index in [0.717, 1.165) is 17.7 Å². The number of nitrogens with zero attached hydrogens (tertiary/aromatic N) is 1. The fourth-order valence-electron chi connectivity index (χ4n) is 3.06. The van der Waals surface area contributed by atoms with Gasteiger partial charge in [-0.3, -0.25) is 9.59 Å². The number of hydrogen-bond donors (Lipinski definition) is 1. The Kier molecular flexibility index (Phi) is 4.64. The molecule has 1 amide bonds. The van der Waals surface area contributed by atoms with Crippen molar-refractivity contribution < 1.29 is 14.7 Å². The van der Waals surface area contributed by atoms with Crippen molar-refractivity contribution in [2.45, 2.75) is 17.7 Å². The first-order chi connectivity index (χ1) is 10.5. The maximum atomic E-state index is 12.3. The molecule has 3 rings (SSSR count). The predicted molar refractivity (Wildman–Crippen MR) is 86.1 cm³/mol. The van der Waals surface area contributed by atoms with Crippen molar-refractivity contribution in [2.75, 3.05) is 18.8 Å². The zero-order chi connectivity index (χ0) is 15.7. The molecule has 1 aromatic carbocycles. The highest BCUT2D eigenvalue weighted by molar-refractivity contribution is 8.00. The molecular formula is C16H18ClNO3S. The summed E-state index contributed by atoms with van der Waals surface area (Å²) in [4.78, 5) is 26.4. The second-order valence-corrected chi connectivity index (χ2v) is 7.47. The molecule has 118 valence electrons. The summed E-state index contributed by atoms with van der Waals surface area (Å²) in [7, 11) is 0. The van der Waals surface area contributed by atoms with Crippen LogP contribution in [0.15, 0.2) is 29.2 Å². The Hall–Kier alpha value is -1.20. The Balaban J connectivity index is 1.56. The third-order valence-corrected chi connectivity index (χ3v) is 5.69. The van der Waals surface area contributed by atoms with Crippen LogP contribution in [-0.2, 0) is 9.59 Å². The van der Waals surface area contributed by atoms with Crippen LogP contribution in [0.2, 0.25) is 5.02 Å². The van der Waals surface area contributed by atoms with Gasteiger partial charge in [0.1, 0.15) is 0 Å². The third-order valence-electron chi connectivity index (χ3n) is 4.44. The third kappa shape index (κ3) is 3.58. The second kappa shape index (κ2) is 6.50. The van der Waals surface area contributed by atoms with Crippen LogP contribution in [0.3, 0.4) is 0 Å². The van der Waals surface area contributed by atoms with Crippen LogP contribution < -0.4 is 0 Å². The lowest BCUT2D eigenvalue weighted by Crippen LogP contribution is -2.31. The van der Waals surface area contributed by atoms with E-state index in [1.54, 1.807) is 17.0 Å². The fourth-order valence-corrected chi connectivity index (χ4v) is 3.99. The van der Waals surface area contributed by atoms with E-state index in [-0.39, 0.29) is 11.8 Å². The van der Waals surface area contributed by atoms with Gasteiger partial charge in [0.05, 0.1) is 11.7 Å². The highest BCUT2D eigenvalue weighted by Gasteiger charge is 2.46. The number of aliphatic carboxylic acids is 1. The molecule has 1 aliphatic heterocycles. The molecule has 2 fully saturated rings. The van der Waals surface area contributed by atoms with Crippen LogP contribution in [0.4, 0.5) is 0 Å². The molecule has 4 nitrogen and oxygen atoms in total. The summed E-state index contributed by atoms with van der Waals surface area (Å²) in [5, 5.41) is 10.0. The van der Waals surface area contributed by atoms with Gasteiger partial charge in [0.15, 0.2) is 0 Å². The monoisotopic (exact) mass is 339 g/mol. The zero-order valence-electron chi connectivity index (χ0n) is 12.1. The Morgan fingerprint density at radius 3 is 2.50 bits per heavy atom. The molecule has 0 unspecified atom stereocenters. The second-order valence-electron chi connectivity index (χ2n) is 5.99. The average Bonchev–Trinajstić information content (AvgIpc) is 3.24. The summed E-state index contributed by atoms with van der Waals surface area (Å²) in [6.07, 6.45) is 2.21. The highest BCUT2D eigenvalue weighted by Crippen LogP contribution is 2.44. The van der Waals surface area contributed by atoms with Crippen molar-refractivity contribution in [3.05, 3.63) is 29.3 Å². The lowest BCUT2D eigenvalue weighted by molar-refractivity contribution is -0.142. The van der Waals surface area contributed by atoms with E-state index in [2.05, 4.69) is 0 Å². The van der Waals surface area contributed by atoms with E-state index < -0.39 is 11.9 Å². The van der Waals surface area contributed by atoms with E-state index in [9.17, 15) is 14.7 Å². The minimum Gasteiger partial charge on any atom is -0.481 e. The summed E-state index contributed by atoms with van der Waals surface area (Å²) in [6, 6.07) is 7.37. The molecule has 22 heavy (non-hydrogen) atoms. The topological polar surface area (TPSA) is 57.6 Å². The van der Waals surface area contributed by atoms with Gasteiger partial charge in [0.2, 0.25) is 5.91 Å². The maximum Gasteiger partial charge on any atom is 0.308 e. The van der Waals surface area contributed by atoms with Gasteiger partial charge >= 0.3 is 5.97 Å². The van der Waals surface area contributed by atoms with Gasteiger partial charge < -0.3 is 10.0 Å². The number of halogens is 1. The minimum absolute atomic E-state index is 0.0225. The number of amides is 1. The number of carbonyl (C=O) groups is 2. The summed E-state index contributed by atoms with van der Waals surface area (Å²) >= 11 is 7.30. The highest BCUT2D eigenvalue weighted by atomic mass is 35.5. The molecule has 1 aromatic rings. The molecule has 1 saturated heterocycles. The number of carbonyl (C=O) groups excluding carboxylic acids is 1. The van der Waals surface area contributed by atoms with Crippen molar-refractivity contribution in [3.8, 4) is 0 Å². The van der Waals surface area contributed by atoms with E-state index in [1.807, 2.05) is 12.1 Å². The lowest BCUT2D eigenvalue weighted by atomic mass is 9.92. The van der Waals surface area contributed by atoms with E-state index in [1.165, 1.54) is 11.8 Å². The number of thioether (sulfide) groups is 1. The van der Waals surface area contributed by atoms with Crippen molar-refractivity contribution >= 4 is 35.2 Å². The van der Waals surface area contributed by atoms with Crippen molar-refractivity contribution in [2.24, 2.45) is 17.8 Å².